The maximum atomic E-state index is 14.2. The van der Waals surface area contributed by atoms with Crippen LogP contribution in [-0.4, -0.2) is 34.4 Å². The maximum Gasteiger partial charge on any atom is 0.573 e. The lowest BCUT2D eigenvalue weighted by Crippen LogP contribution is -2.58. The Morgan fingerprint density at radius 2 is 1.70 bits per heavy atom. The first-order valence-corrected chi connectivity index (χ1v) is 15.0. The molecule has 6 nitrogen and oxygen atoms in total. The number of halogens is 5. The number of benzene rings is 2. The summed E-state index contributed by atoms with van der Waals surface area (Å²) in [7, 11) is 0. The summed E-state index contributed by atoms with van der Waals surface area (Å²) in [4.78, 5) is 32.2. The molecule has 0 unspecified atom stereocenters. The van der Waals surface area contributed by atoms with Crippen molar-refractivity contribution in [3.63, 3.8) is 0 Å². The van der Waals surface area contributed by atoms with Gasteiger partial charge in [-0.25, -0.2) is 4.98 Å². The van der Waals surface area contributed by atoms with Crippen molar-refractivity contribution >= 4 is 55.9 Å². The van der Waals surface area contributed by atoms with Crippen LogP contribution in [0.5, 0.6) is 5.75 Å². The lowest BCUT2D eigenvalue weighted by Gasteiger charge is -2.52. The van der Waals surface area contributed by atoms with Gasteiger partial charge in [-0.2, -0.15) is 0 Å². The Balaban J connectivity index is 1.67. The molecule has 0 radical (unpaired) electrons. The second kappa shape index (κ2) is 10.8. The monoisotopic (exact) mass is 678 g/mol. The quantitative estimate of drug-likeness (QED) is 0.216. The minimum Gasteiger partial charge on any atom is -0.459 e. The first-order valence-electron chi connectivity index (χ1n) is 13.8. The summed E-state index contributed by atoms with van der Waals surface area (Å²) >= 11 is 9.89. The SMILES string of the molecule is Cc1ccc(OC(F)(F)F)c(C2=CC3(C(=O)OC(C)(C)C)CCC2(NC(=O)c2c(C)c(Cl)nc4ccc(Br)cc24)CC3)c1. The molecule has 0 aliphatic heterocycles. The van der Waals surface area contributed by atoms with Crippen LogP contribution in [0.25, 0.3) is 16.5 Å². The van der Waals surface area contributed by atoms with E-state index >= 15 is 0 Å². The summed E-state index contributed by atoms with van der Waals surface area (Å²) < 4.78 is 51.6. The van der Waals surface area contributed by atoms with Gasteiger partial charge in [0.05, 0.1) is 22.0 Å². The van der Waals surface area contributed by atoms with Crippen LogP contribution in [0.1, 0.15) is 73.5 Å². The maximum absolute atomic E-state index is 14.2. The number of hydrogen-bond acceptors (Lipinski definition) is 5. The van der Waals surface area contributed by atoms with Crippen LogP contribution in [0.2, 0.25) is 5.15 Å². The fraction of sp³-hybridized carbons (Fsp3) is 0.406. The Morgan fingerprint density at radius 3 is 2.33 bits per heavy atom. The molecule has 3 aromatic rings. The topological polar surface area (TPSA) is 77.5 Å². The molecule has 228 valence electrons. The molecule has 2 aromatic carbocycles. The number of esters is 1. The summed E-state index contributed by atoms with van der Waals surface area (Å²) in [5.74, 6) is -1.31. The van der Waals surface area contributed by atoms with Gasteiger partial charge in [0.15, 0.2) is 0 Å². The fourth-order valence-corrected chi connectivity index (χ4v) is 6.61. The lowest BCUT2D eigenvalue weighted by atomic mass is 9.57. The van der Waals surface area contributed by atoms with Gasteiger partial charge in [-0.05, 0) is 102 Å². The highest BCUT2D eigenvalue weighted by Gasteiger charge is 2.55. The number of aryl methyl sites for hydroxylation is 1. The molecule has 1 aromatic heterocycles. The van der Waals surface area contributed by atoms with Crippen molar-refractivity contribution in [3.8, 4) is 5.75 Å². The number of carbonyl (C=O) groups excluding carboxylic acids is 2. The van der Waals surface area contributed by atoms with Gasteiger partial charge in [0.2, 0.25) is 0 Å². The number of amides is 1. The number of aromatic nitrogens is 1. The van der Waals surface area contributed by atoms with Gasteiger partial charge in [0, 0.05) is 15.4 Å². The van der Waals surface area contributed by atoms with E-state index in [1.165, 1.54) is 12.1 Å². The smallest absolute Gasteiger partial charge is 0.459 e. The third kappa shape index (κ3) is 6.13. The molecule has 0 saturated heterocycles. The minimum absolute atomic E-state index is 0.155. The Morgan fingerprint density at radius 1 is 1.02 bits per heavy atom. The third-order valence-electron chi connectivity index (χ3n) is 8.10. The Labute approximate surface area is 261 Å². The molecule has 1 N–H and O–H groups in total. The molecule has 2 bridgehead atoms. The number of carbonyl (C=O) groups is 2. The van der Waals surface area contributed by atoms with E-state index < -0.39 is 40.5 Å². The molecule has 3 aliphatic carbocycles. The van der Waals surface area contributed by atoms with Gasteiger partial charge in [-0.1, -0.05) is 45.2 Å². The molecular formula is C32H31BrClF3N2O4. The van der Waals surface area contributed by atoms with Gasteiger partial charge in [-0.3, -0.25) is 9.59 Å². The summed E-state index contributed by atoms with van der Waals surface area (Å²) in [5, 5.41) is 3.92. The summed E-state index contributed by atoms with van der Waals surface area (Å²) in [5.41, 5.74) is -0.395. The molecule has 0 atom stereocenters. The second-order valence-corrected chi connectivity index (χ2v) is 13.6. The van der Waals surface area contributed by atoms with E-state index in [9.17, 15) is 22.8 Å². The molecular weight excluding hydrogens is 649 g/mol. The zero-order chi connectivity index (χ0) is 31.5. The number of nitrogens with zero attached hydrogens (tertiary/aromatic N) is 1. The van der Waals surface area contributed by atoms with Crippen LogP contribution in [0, 0.1) is 19.3 Å². The van der Waals surface area contributed by atoms with Gasteiger partial charge in [0.1, 0.15) is 16.5 Å². The molecule has 6 rings (SSSR count). The highest BCUT2D eigenvalue weighted by atomic mass is 79.9. The molecule has 1 saturated carbocycles. The Kier molecular flexibility index (Phi) is 7.87. The van der Waals surface area contributed by atoms with E-state index in [2.05, 4.69) is 31.0 Å². The average molecular weight is 680 g/mol. The fourth-order valence-electron chi connectivity index (χ4n) is 6.06. The number of nitrogens with one attached hydrogen (secondary N) is 1. The van der Waals surface area contributed by atoms with E-state index in [1.54, 1.807) is 65.0 Å². The molecule has 1 fully saturated rings. The molecule has 0 spiro atoms. The van der Waals surface area contributed by atoms with Gasteiger partial charge in [-0.15, -0.1) is 13.2 Å². The molecule has 1 amide bonds. The van der Waals surface area contributed by atoms with Crippen molar-refractivity contribution in [2.45, 2.75) is 77.8 Å². The largest absolute Gasteiger partial charge is 0.573 e. The van der Waals surface area contributed by atoms with Crippen molar-refractivity contribution in [1.29, 1.82) is 0 Å². The first kappa shape index (κ1) is 31.3. The van der Waals surface area contributed by atoms with Gasteiger partial charge in [0.25, 0.3) is 5.91 Å². The number of fused-ring (bicyclic) bond motifs is 3. The summed E-state index contributed by atoms with van der Waals surface area (Å²) in [6.45, 7) is 8.75. The van der Waals surface area contributed by atoms with Gasteiger partial charge >= 0.3 is 12.3 Å². The number of ether oxygens (including phenoxy) is 2. The van der Waals surface area contributed by atoms with Crippen molar-refractivity contribution in [3.05, 3.63) is 74.4 Å². The molecule has 43 heavy (non-hydrogen) atoms. The standard InChI is InChI=1S/C32H31BrClF3N2O4/c1-17-6-9-24(42-32(35,36)37)20(14-17)22-16-30(28(41)43-29(3,4)5)10-12-31(22,13-11-30)39-27(40)25-18(2)26(34)38-23-8-7-19(33)15-21(23)25/h6-9,14-16H,10-13H2,1-5H3,(H,39,40). The van der Waals surface area contributed by atoms with Crippen LogP contribution in [0.4, 0.5) is 13.2 Å². The van der Waals surface area contributed by atoms with Crippen LogP contribution in [0.3, 0.4) is 0 Å². The van der Waals surface area contributed by atoms with Crippen molar-refractivity contribution in [2.75, 3.05) is 0 Å². The number of rotatable bonds is 5. The molecule has 11 heteroatoms. The minimum atomic E-state index is -4.95. The van der Waals surface area contributed by atoms with Crippen molar-refractivity contribution in [2.24, 2.45) is 5.41 Å². The third-order valence-corrected chi connectivity index (χ3v) is 8.96. The zero-order valence-corrected chi connectivity index (χ0v) is 26.7. The van der Waals surface area contributed by atoms with Crippen LogP contribution in [-0.2, 0) is 9.53 Å². The van der Waals surface area contributed by atoms with E-state index in [0.29, 0.717) is 58.8 Å². The second-order valence-electron chi connectivity index (χ2n) is 12.4. The highest BCUT2D eigenvalue weighted by Crippen LogP contribution is 2.56. The summed E-state index contributed by atoms with van der Waals surface area (Å²) in [6, 6.07) is 9.68. The molecule has 1 heterocycles. The van der Waals surface area contributed by atoms with E-state index in [-0.39, 0.29) is 10.7 Å². The Hall–Kier alpha value is -3.11. The number of alkyl halides is 3. The average Bonchev–Trinajstić information content (AvgIpc) is 2.89. The summed E-state index contributed by atoms with van der Waals surface area (Å²) in [6.07, 6.45) is -1.99. The number of pyridine rings is 1. The van der Waals surface area contributed by atoms with Crippen LogP contribution < -0.4 is 10.1 Å². The van der Waals surface area contributed by atoms with Crippen molar-refractivity contribution < 1.29 is 32.2 Å². The van der Waals surface area contributed by atoms with E-state index in [4.69, 9.17) is 16.3 Å². The first-order chi connectivity index (χ1) is 19.9. The van der Waals surface area contributed by atoms with E-state index in [0.717, 1.165) is 4.47 Å². The lowest BCUT2D eigenvalue weighted by molar-refractivity contribution is -0.274. The Bertz CT molecular complexity index is 1670. The molecule has 3 aliphatic rings. The number of hydrogen-bond donors (Lipinski definition) is 1. The predicted octanol–water partition coefficient (Wildman–Crippen LogP) is 8.63. The van der Waals surface area contributed by atoms with Crippen molar-refractivity contribution in [1.82, 2.24) is 10.3 Å². The highest BCUT2D eigenvalue weighted by molar-refractivity contribution is 9.10. The van der Waals surface area contributed by atoms with Crippen LogP contribution >= 0.6 is 27.5 Å². The van der Waals surface area contributed by atoms with E-state index in [1.807, 2.05) is 0 Å². The zero-order valence-electron chi connectivity index (χ0n) is 24.3. The van der Waals surface area contributed by atoms with Gasteiger partial charge < -0.3 is 14.8 Å². The predicted molar refractivity (Wildman–Crippen MR) is 162 cm³/mol. The normalized spacial score (nSPS) is 21.9. The van der Waals surface area contributed by atoms with Crippen LogP contribution in [0.15, 0.2) is 46.9 Å².